The third-order valence-corrected chi connectivity index (χ3v) is 4.50. The first-order valence-electron chi connectivity index (χ1n) is 9.84. The van der Waals surface area contributed by atoms with E-state index in [1.54, 1.807) is 24.3 Å². The summed E-state index contributed by atoms with van der Waals surface area (Å²) in [6.07, 6.45) is 1.45. The molecule has 0 aliphatic rings. The highest BCUT2D eigenvalue weighted by Gasteiger charge is 2.20. The van der Waals surface area contributed by atoms with Crippen LogP contribution in [0.3, 0.4) is 0 Å². The SMILES string of the molecule is CC(C)CNC(=O)c1[nH]cnc1C(=O)Nc1ccc(CC(=O)c2ccc(F)cc2)cc1. The number of carbonyl (C=O) groups excluding carboxylic acids is 3. The van der Waals surface area contributed by atoms with Gasteiger partial charge in [-0.1, -0.05) is 26.0 Å². The van der Waals surface area contributed by atoms with Gasteiger partial charge in [-0.3, -0.25) is 14.4 Å². The van der Waals surface area contributed by atoms with E-state index in [0.29, 0.717) is 17.8 Å². The molecule has 0 unspecified atom stereocenters. The molecule has 160 valence electrons. The number of aromatic amines is 1. The van der Waals surface area contributed by atoms with Gasteiger partial charge in [-0.05, 0) is 47.9 Å². The number of ketones is 1. The van der Waals surface area contributed by atoms with Crippen LogP contribution in [0.5, 0.6) is 0 Å². The number of benzene rings is 2. The van der Waals surface area contributed by atoms with E-state index in [1.165, 1.54) is 30.6 Å². The molecule has 0 radical (unpaired) electrons. The van der Waals surface area contributed by atoms with Gasteiger partial charge in [0.25, 0.3) is 11.8 Å². The topological polar surface area (TPSA) is 104 Å². The Bertz CT molecular complexity index is 1070. The Morgan fingerprint density at radius 2 is 1.68 bits per heavy atom. The molecule has 0 saturated heterocycles. The zero-order valence-electron chi connectivity index (χ0n) is 17.2. The highest BCUT2D eigenvalue weighted by atomic mass is 19.1. The van der Waals surface area contributed by atoms with Crippen LogP contribution in [0, 0.1) is 11.7 Å². The summed E-state index contributed by atoms with van der Waals surface area (Å²) < 4.78 is 13.0. The van der Waals surface area contributed by atoms with Crippen molar-refractivity contribution in [3.63, 3.8) is 0 Å². The highest BCUT2D eigenvalue weighted by molar-refractivity contribution is 6.10. The molecule has 2 aromatic carbocycles. The fourth-order valence-electron chi connectivity index (χ4n) is 2.84. The van der Waals surface area contributed by atoms with Crippen LogP contribution in [0.25, 0.3) is 0 Å². The van der Waals surface area contributed by atoms with Gasteiger partial charge in [0.1, 0.15) is 11.5 Å². The fourth-order valence-corrected chi connectivity index (χ4v) is 2.84. The Labute approximate surface area is 179 Å². The number of carbonyl (C=O) groups is 3. The quantitative estimate of drug-likeness (QED) is 0.483. The Hall–Kier alpha value is -3.81. The lowest BCUT2D eigenvalue weighted by Crippen LogP contribution is -2.29. The summed E-state index contributed by atoms with van der Waals surface area (Å²) in [5.41, 5.74) is 1.78. The minimum absolute atomic E-state index is 0.00294. The van der Waals surface area contributed by atoms with Crippen LogP contribution in [0.1, 0.15) is 50.7 Å². The van der Waals surface area contributed by atoms with Gasteiger partial charge >= 0.3 is 0 Å². The van der Waals surface area contributed by atoms with E-state index in [9.17, 15) is 18.8 Å². The summed E-state index contributed by atoms with van der Waals surface area (Å²) in [5, 5.41) is 5.44. The number of hydrogen-bond acceptors (Lipinski definition) is 4. The summed E-state index contributed by atoms with van der Waals surface area (Å²) >= 11 is 0. The maximum absolute atomic E-state index is 13.0. The number of anilines is 1. The first kappa shape index (κ1) is 21.9. The molecule has 31 heavy (non-hydrogen) atoms. The smallest absolute Gasteiger partial charge is 0.276 e. The van der Waals surface area contributed by atoms with Crippen molar-refractivity contribution in [1.29, 1.82) is 0 Å². The zero-order valence-corrected chi connectivity index (χ0v) is 17.2. The molecule has 8 heteroatoms. The number of nitrogens with zero attached hydrogens (tertiary/aromatic N) is 1. The van der Waals surface area contributed by atoms with Gasteiger partial charge in [-0.15, -0.1) is 0 Å². The molecular formula is C23H23FN4O3. The number of amides is 2. The monoisotopic (exact) mass is 422 g/mol. The summed E-state index contributed by atoms with van der Waals surface area (Å²) in [6.45, 7) is 4.42. The van der Waals surface area contributed by atoms with Gasteiger partial charge in [-0.2, -0.15) is 0 Å². The number of rotatable bonds is 8. The average Bonchev–Trinajstić information content (AvgIpc) is 3.24. The number of aromatic nitrogens is 2. The zero-order chi connectivity index (χ0) is 22.4. The van der Waals surface area contributed by atoms with Crippen molar-refractivity contribution >= 4 is 23.3 Å². The third kappa shape index (κ3) is 5.85. The minimum Gasteiger partial charge on any atom is -0.350 e. The van der Waals surface area contributed by atoms with Crippen LogP contribution in [-0.4, -0.2) is 34.1 Å². The van der Waals surface area contributed by atoms with Crippen LogP contribution in [-0.2, 0) is 6.42 Å². The van der Waals surface area contributed by atoms with Crippen LogP contribution < -0.4 is 10.6 Å². The fraction of sp³-hybridized carbons (Fsp3) is 0.217. The third-order valence-electron chi connectivity index (χ3n) is 4.50. The lowest BCUT2D eigenvalue weighted by Gasteiger charge is -2.08. The predicted molar refractivity (Wildman–Crippen MR) is 115 cm³/mol. The van der Waals surface area contributed by atoms with Gasteiger partial charge < -0.3 is 15.6 Å². The molecule has 0 atom stereocenters. The van der Waals surface area contributed by atoms with Crippen molar-refractivity contribution in [3.8, 4) is 0 Å². The van der Waals surface area contributed by atoms with Crippen molar-refractivity contribution < 1.29 is 18.8 Å². The van der Waals surface area contributed by atoms with E-state index in [1.807, 2.05) is 13.8 Å². The average molecular weight is 422 g/mol. The molecule has 0 aliphatic carbocycles. The molecule has 3 rings (SSSR count). The number of H-pyrrole nitrogens is 1. The molecule has 1 aromatic heterocycles. The van der Waals surface area contributed by atoms with Gasteiger partial charge in [0.05, 0.1) is 6.33 Å². The van der Waals surface area contributed by atoms with E-state index in [4.69, 9.17) is 0 Å². The Morgan fingerprint density at radius 1 is 1.00 bits per heavy atom. The van der Waals surface area contributed by atoms with E-state index in [-0.39, 0.29) is 29.5 Å². The number of hydrogen-bond donors (Lipinski definition) is 3. The summed E-state index contributed by atoms with van der Waals surface area (Å²) in [5.74, 6) is -1.17. The first-order chi connectivity index (χ1) is 14.8. The molecule has 0 saturated carbocycles. The molecule has 1 heterocycles. The second kappa shape index (κ2) is 9.80. The predicted octanol–water partition coefficient (Wildman–Crippen LogP) is 3.61. The first-order valence-corrected chi connectivity index (χ1v) is 9.84. The normalized spacial score (nSPS) is 10.7. The van der Waals surface area contributed by atoms with Crippen molar-refractivity contribution in [3.05, 3.63) is 83.2 Å². The maximum atomic E-state index is 13.0. The molecule has 0 spiro atoms. The maximum Gasteiger partial charge on any atom is 0.276 e. The molecular weight excluding hydrogens is 399 g/mol. The van der Waals surface area contributed by atoms with Crippen molar-refractivity contribution in [2.75, 3.05) is 11.9 Å². The second-order valence-electron chi connectivity index (χ2n) is 7.49. The lowest BCUT2D eigenvalue weighted by atomic mass is 10.0. The minimum atomic E-state index is -0.522. The molecule has 3 aromatic rings. The second-order valence-corrected chi connectivity index (χ2v) is 7.49. The number of Topliss-reactive ketones (excluding diaryl/α,β-unsaturated/α-hetero) is 1. The number of halogens is 1. The van der Waals surface area contributed by atoms with Gasteiger partial charge in [0, 0.05) is 24.2 Å². The Balaban J connectivity index is 1.62. The number of nitrogens with one attached hydrogen (secondary N) is 3. The Kier molecular flexibility index (Phi) is 6.92. The van der Waals surface area contributed by atoms with E-state index >= 15 is 0 Å². The van der Waals surface area contributed by atoms with E-state index in [0.717, 1.165) is 5.56 Å². The van der Waals surface area contributed by atoms with Gasteiger partial charge in [-0.25, -0.2) is 9.37 Å². The van der Waals surface area contributed by atoms with Crippen molar-refractivity contribution in [2.24, 2.45) is 5.92 Å². The van der Waals surface area contributed by atoms with Crippen LogP contribution in [0.4, 0.5) is 10.1 Å². The summed E-state index contributed by atoms with van der Waals surface area (Å²) in [6, 6.07) is 12.2. The van der Waals surface area contributed by atoms with E-state index < -0.39 is 17.6 Å². The van der Waals surface area contributed by atoms with Crippen LogP contribution in [0.15, 0.2) is 54.9 Å². The van der Waals surface area contributed by atoms with Crippen molar-refractivity contribution in [2.45, 2.75) is 20.3 Å². The molecule has 0 fully saturated rings. The highest BCUT2D eigenvalue weighted by Crippen LogP contribution is 2.15. The van der Waals surface area contributed by atoms with Crippen LogP contribution >= 0.6 is 0 Å². The molecule has 0 aliphatic heterocycles. The van der Waals surface area contributed by atoms with Crippen LogP contribution in [0.2, 0.25) is 0 Å². The number of imidazole rings is 1. The molecule has 2 amide bonds. The molecule has 7 nitrogen and oxygen atoms in total. The lowest BCUT2D eigenvalue weighted by molar-refractivity contribution is 0.0931. The summed E-state index contributed by atoms with van der Waals surface area (Å²) in [7, 11) is 0. The Morgan fingerprint density at radius 3 is 2.32 bits per heavy atom. The molecule has 3 N–H and O–H groups in total. The van der Waals surface area contributed by atoms with Crippen molar-refractivity contribution in [1.82, 2.24) is 15.3 Å². The van der Waals surface area contributed by atoms with Gasteiger partial charge in [0.2, 0.25) is 0 Å². The summed E-state index contributed by atoms with van der Waals surface area (Å²) in [4.78, 5) is 43.8. The molecule has 0 bridgehead atoms. The largest absolute Gasteiger partial charge is 0.350 e. The van der Waals surface area contributed by atoms with Gasteiger partial charge in [0.15, 0.2) is 11.5 Å². The van der Waals surface area contributed by atoms with E-state index in [2.05, 4.69) is 20.6 Å². The standard InChI is InChI=1S/C23H23FN4O3/c1-14(2)12-25-22(30)20-21(27-13-26-20)23(31)28-18-9-3-15(4-10-18)11-19(29)16-5-7-17(24)8-6-16/h3-10,13-14H,11-12H2,1-2H3,(H,25,30)(H,26,27)(H,28,31).